The van der Waals surface area contributed by atoms with Crippen molar-refractivity contribution in [3.63, 3.8) is 0 Å². The molecule has 1 aromatic rings. The molecule has 1 atom stereocenters. The number of rotatable bonds is 9. The van der Waals surface area contributed by atoms with Crippen LogP contribution in [0.4, 0.5) is 0 Å². The summed E-state index contributed by atoms with van der Waals surface area (Å²) >= 11 is 0. The van der Waals surface area contributed by atoms with Crippen molar-refractivity contribution in [3.8, 4) is 0 Å². The normalized spacial score (nSPS) is 17.0. The Kier molecular flexibility index (Phi) is 6.17. The molecular weight excluding hydrogens is 324 g/mol. The largest absolute Gasteiger partial charge is 0.480 e. The van der Waals surface area contributed by atoms with Crippen LogP contribution in [0.3, 0.4) is 0 Å². The highest BCUT2D eigenvalue weighted by Gasteiger charge is 2.30. The van der Waals surface area contributed by atoms with E-state index in [2.05, 4.69) is 10.2 Å². The number of carbonyl (C=O) groups is 2. The minimum Gasteiger partial charge on any atom is -0.480 e. The van der Waals surface area contributed by atoms with Gasteiger partial charge in [-0.15, -0.1) is 0 Å². The number of aliphatic carboxylic acids is 1. The van der Waals surface area contributed by atoms with E-state index in [1.54, 1.807) is 5.01 Å². The molecule has 0 spiro atoms. The lowest BCUT2D eigenvalue weighted by Gasteiger charge is -2.19. The maximum atomic E-state index is 11.5. The fraction of sp³-hybridized carbons (Fsp3) is 0.647. The summed E-state index contributed by atoms with van der Waals surface area (Å²) < 4.78 is 1.53. The molecule has 0 saturated heterocycles. The molecule has 0 bridgehead atoms. The first kappa shape index (κ1) is 19.0. The quantitative estimate of drug-likeness (QED) is 0.661. The molecule has 138 valence electrons. The smallest absolute Gasteiger partial charge is 0.354 e. The Hall–Kier alpha value is -2.38. The number of aryl methyl sites for hydroxylation is 2. The van der Waals surface area contributed by atoms with E-state index in [9.17, 15) is 19.8 Å². The van der Waals surface area contributed by atoms with Crippen LogP contribution in [0.25, 0.3) is 0 Å². The van der Waals surface area contributed by atoms with Crippen molar-refractivity contribution in [2.24, 2.45) is 5.10 Å². The van der Waals surface area contributed by atoms with E-state index in [0.717, 1.165) is 36.2 Å². The number of hydrazone groups is 1. The number of carboxylic acid groups (broad SMARTS) is 2. The van der Waals surface area contributed by atoms with Gasteiger partial charge in [0, 0.05) is 30.8 Å². The molecule has 0 saturated carbocycles. The minimum atomic E-state index is -0.941. The first-order valence-electron chi connectivity index (χ1n) is 8.68. The Labute approximate surface area is 147 Å². The van der Waals surface area contributed by atoms with Crippen LogP contribution in [-0.2, 0) is 17.8 Å². The van der Waals surface area contributed by atoms with Crippen LogP contribution in [0.1, 0.15) is 61.3 Å². The lowest BCUT2D eigenvalue weighted by molar-refractivity contribution is -0.142. The highest BCUT2D eigenvalue weighted by molar-refractivity contribution is 5.90. The van der Waals surface area contributed by atoms with E-state index in [0.29, 0.717) is 25.9 Å². The lowest BCUT2D eigenvalue weighted by atomic mass is 10.0. The van der Waals surface area contributed by atoms with Gasteiger partial charge in [-0.2, -0.15) is 10.2 Å². The fourth-order valence-electron chi connectivity index (χ4n) is 3.27. The molecule has 0 radical (unpaired) electrons. The van der Waals surface area contributed by atoms with E-state index in [-0.39, 0.29) is 5.69 Å². The summed E-state index contributed by atoms with van der Waals surface area (Å²) in [6.07, 6.45) is 3.69. The Morgan fingerprint density at radius 3 is 2.52 bits per heavy atom. The summed E-state index contributed by atoms with van der Waals surface area (Å²) in [4.78, 5) is 22.7. The molecule has 1 aliphatic rings. The van der Waals surface area contributed by atoms with Crippen molar-refractivity contribution in [2.75, 3.05) is 6.54 Å². The Bertz CT molecular complexity index is 680. The standard InChI is InChI=1S/C17H26N4O4/c1-4-20-15(17(24)25)13(12(3)19-20)8-6-5-7-9-21-14(16(22)23)10-11(2)18-21/h14H,4-10H2,1-3H3,(H,22,23)(H,24,25). The van der Waals surface area contributed by atoms with Gasteiger partial charge in [-0.1, -0.05) is 6.42 Å². The third-order valence-corrected chi connectivity index (χ3v) is 4.50. The topological polar surface area (TPSA) is 108 Å². The molecule has 2 heterocycles. The van der Waals surface area contributed by atoms with Gasteiger partial charge in [-0.05, 0) is 40.0 Å². The van der Waals surface area contributed by atoms with Crippen molar-refractivity contribution in [2.45, 2.75) is 65.5 Å². The number of nitrogens with zero attached hydrogens (tertiary/aromatic N) is 4. The summed E-state index contributed by atoms with van der Waals surface area (Å²) in [5.74, 6) is -1.78. The Morgan fingerprint density at radius 1 is 1.20 bits per heavy atom. The maximum absolute atomic E-state index is 11.5. The minimum absolute atomic E-state index is 0.283. The van der Waals surface area contributed by atoms with Gasteiger partial charge < -0.3 is 10.2 Å². The van der Waals surface area contributed by atoms with Crippen molar-refractivity contribution in [1.29, 1.82) is 0 Å². The van der Waals surface area contributed by atoms with Crippen molar-refractivity contribution in [3.05, 3.63) is 17.0 Å². The van der Waals surface area contributed by atoms with E-state index in [4.69, 9.17) is 0 Å². The van der Waals surface area contributed by atoms with Gasteiger partial charge in [0.2, 0.25) is 0 Å². The SMILES string of the molecule is CCn1nc(C)c(CCCCCN2N=C(C)CC2C(=O)O)c1C(=O)O. The Balaban J connectivity index is 1.85. The molecule has 8 heteroatoms. The maximum Gasteiger partial charge on any atom is 0.354 e. The number of unbranched alkanes of at least 4 members (excludes halogenated alkanes) is 2. The number of aromatic nitrogens is 2. The highest BCUT2D eigenvalue weighted by Crippen LogP contribution is 2.19. The molecule has 1 aliphatic heterocycles. The second-order valence-corrected chi connectivity index (χ2v) is 6.40. The predicted octanol–water partition coefficient (Wildman–Crippen LogP) is 2.16. The molecule has 0 amide bonds. The summed E-state index contributed by atoms with van der Waals surface area (Å²) in [6, 6.07) is -0.552. The number of hydrogen-bond acceptors (Lipinski definition) is 5. The average Bonchev–Trinajstić information content (AvgIpc) is 3.07. The molecule has 25 heavy (non-hydrogen) atoms. The van der Waals surface area contributed by atoms with Crippen LogP contribution in [-0.4, -0.2) is 55.2 Å². The number of carboxylic acids is 2. The van der Waals surface area contributed by atoms with E-state index >= 15 is 0 Å². The van der Waals surface area contributed by atoms with Crippen LogP contribution in [0.5, 0.6) is 0 Å². The van der Waals surface area contributed by atoms with Crippen LogP contribution in [0, 0.1) is 6.92 Å². The molecule has 0 aromatic carbocycles. The second kappa shape index (κ2) is 8.13. The first-order chi connectivity index (χ1) is 11.8. The van der Waals surface area contributed by atoms with Crippen LogP contribution in [0.2, 0.25) is 0 Å². The number of aromatic carboxylic acids is 1. The summed E-state index contributed by atoms with van der Waals surface area (Å²) in [7, 11) is 0. The predicted molar refractivity (Wildman–Crippen MR) is 93.0 cm³/mol. The van der Waals surface area contributed by atoms with Gasteiger partial charge in [0.05, 0.1) is 5.69 Å². The summed E-state index contributed by atoms with van der Waals surface area (Å²) in [6.45, 7) is 6.70. The average molecular weight is 350 g/mol. The third kappa shape index (κ3) is 4.37. The Morgan fingerprint density at radius 2 is 1.92 bits per heavy atom. The summed E-state index contributed by atoms with van der Waals surface area (Å²) in [5, 5.41) is 28.9. The molecule has 2 N–H and O–H groups in total. The molecular formula is C17H26N4O4. The van der Waals surface area contributed by atoms with Gasteiger partial charge in [-0.25, -0.2) is 9.59 Å². The zero-order valence-corrected chi connectivity index (χ0v) is 15.0. The molecule has 0 fully saturated rings. The van der Waals surface area contributed by atoms with Gasteiger partial charge in [0.1, 0.15) is 11.7 Å². The highest BCUT2D eigenvalue weighted by atomic mass is 16.4. The van der Waals surface area contributed by atoms with Crippen molar-refractivity contribution < 1.29 is 19.8 Å². The van der Waals surface area contributed by atoms with Crippen LogP contribution in [0.15, 0.2) is 5.10 Å². The van der Waals surface area contributed by atoms with E-state index < -0.39 is 18.0 Å². The van der Waals surface area contributed by atoms with Crippen LogP contribution < -0.4 is 0 Å². The van der Waals surface area contributed by atoms with Gasteiger partial charge in [0.15, 0.2) is 0 Å². The molecule has 8 nitrogen and oxygen atoms in total. The zero-order chi connectivity index (χ0) is 18.6. The fourth-order valence-corrected chi connectivity index (χ4v) is 3.27. The molecule has 1 aromatic heterocycles. The molecule has 1 unspecified atom stereocenters. The van der Waals surface area contributed by atoms with E-state index in [1.165, 1.54) is 4.68 Å². The van der Waals surface area contributed by atoms with Crippen LogP contribution >= 0.6 is 0 Å². The summed E-state index contributed by atoms with van der Waals surface area (Å²) in [5.41, 5.74) is 2.70. The molecule has 0 aliphatic carbocycles. The second-order valence-electron chi connectivity index (χ2n) is 6.40. The first-order valence-corrected chi connectivity index (χ1v) is 8.68. The van der Waals surface area contributed by atoms with Crippen molar-refractivity contribution in [1.82, 2.24) is 14.8 Å². The van der Waals surface area contributed by atoms with E-state index in [1.807, 2.05) is 20.8 Å². The monoisotopic (exact) mass is 350 g/mol. The third-order valence-electron chi connectivity index (χ3n) is 4.50. The van der Waals surface area contributed by atoms with Gasteiger partial charge >= 0.3 is 11.9 Å². The molecule has 2 rings (SSSR count). The van der Waals surface area contributed by atoms with Crippen molar-refractivity contribution >= 4 is 17.7 Å². The number of hydrogen-bond donors (Lipinski definition) is 2. The van der Waals surface area contributed by atoms with Gasteiger partial charge in [-0.3, -0.25) is 9.69 Å². The lowest BCUT2D eigenvalue weighted by Crippen LogP contribution is -2.34. The van der Waals surface area contributed by atoms with Gasteiger partial charge in [0.25, 0.3) is 0 Å². The zero-order valence-electron chi connectivity index (χ0n) is 15.0.